The second kappa shape index (κ2) is 9.60. The number of rotatable bonds is 7. The summed E-state index contributed by atoms with van der Waals surface area (Å²) in [5, 5.41) is 3.82. The minimum atomic E-state index is -0.468. The fourth-order valence-electron chi connectivity index (χ4n) is 1.77. The molecule has 2 rings (SSSR count). The van der Waals surface area contributed by atoms with Crippen molar-refractivity contribution in [3.8, 4) is 0 Å². The van der Waals surface area contributed by atoms with E-state index in [0.29, 0.717) is 15.9 Å². The molecule has 1 heterocycles. The number of hydrogen-bond donors (Lipinski definition) is 1. The average molecular weight is 400 g/mol. The molecule has 0 atom stereocenters. The fraction of sp³-hybridized carbons (Fsp3) is 0.250. The Morgan fingerprint density at radius 3 is 2.64 bits per heavy atom. The zero-order chi connectivity index (χ0) is 18.2. The zero-order valence-electron chi connectivity index (χ0n) is 13.3. The molecule has 0 aliphatic rings. The normalized spacial score (nSPS) is 10.4. The quantitative estimate of drug-likeness (QED) is 0.436. The van der Waals surface area contributed by atoms with Crippen LogP contribution >= 0.6 is 35.0 Å². The Hall–Kier alpha value is -1.83. The Balaban J connectivity index is 1.97. The molecule has 9 heteroatoms. The lowest BCUT2D eigenvalue weighted by molar-refractivity contribution is -0.140. The predicted molar refractivity (Wildman–Crippen MR) is 97.0 cm³/mol. The van der Waals surface area contributed by atoms with Crippen LogP contribution < -0.4 is 5.32 Å². The van der Waals surface area contributed by atoms with Gasteiger partial charge in [-0.15, -0.1) is 0 Å². The highest BCUT2D eigenvalue weighted by Gasteiger charge is 2.15. The van der Waals surface area contributed by atoms with E-state index < -0.39 is 11.9 Å². The predicted octanol–water partition coefficient (Wildman–Crippen LogP) is 3.37. The molecule has 132 valence electrons. The van der Waals surface area contributed by atoms with Crippen molar-refractivity contribution in [1.82, 2.24) is 15.3 Å². The van der Waals surface area contributed by atoms with E-state index in [1.54, 1.807) is 12.1 Å². The number of nitrogens with one attached hydrogen (secondary N) is 1. The number of methoxy groups -OCH3 is 1. The monoisotopic (exact) mass is 399 g/mol. The summed E-state index contributed by atoms with van der Waals surface area (Å²) in [6.07, 6.45) is 1.46. The fourth-order valence-corrected chi connectivity index (χ4v) is 2.85. The number of hydrogen-bond acceptors (Lipinski definition) is 6. The third kappa shape index (κ3) is 6.19. The van der Waals surface area contributed by atoms with Crippen LogP contribution in [0, 0.1) is 0 Å². The number of halogens is 2. The van der Waals surface area contributed by atoms with E-state index in [1.807, 2.05) is 12.1 Å². The van der Waals surface area contributed by atoms with Crippen LogP contribution in [-0.2, 0) is 15.3 Å². The first kappa shape index (κ1) is 19.5. The summed E-state index contributed by atoms with van der Waals surface area (Å²) in [5.74, 6) is -0.250. The van der Waals surface area contributed by atoms with Crippen molar-refractivity contribution in [3.63, 3.8) is 0 Å². The van der Waals surface area contributed by atoms with Gasteiger partial charge in [-0.1, -0.05) is 47.1 Å². The van der Waals surface area contributed by atoms with Crippen LogP contribution in [0.4, 0.5) is 0 Å². The average Bonchev–Trinajstić information content (AvgIpc) is 2.62. The van der Waals surface area contributed by atoms with Crippen LogP contribution in [-0.4, -0.2) is 35.5 Å². The summed E-state index contributed by atoms with van der Waals surface area (Å²) in [5.41, 5.74) is 1.12. The lowest BCUT2D eigenvalue weighted by atomic mass is 10.2. The maximum Gasteiger partial charge on any atom is 0.307 e. The lowest BCUT2D eigenvalue weighted by Crippen LogP contribution is -2.27. The Morgan fingerprint density at radius 2 is 1.96 bits per heavy atom. The van der Waals surface area contributed by atoms with Crippen LogP contribution in [0.25, 0.3) is 0 Å². The summed E-state index contributed by atoms with van der Waals surface area (Å²) in [7, 11) is 1.29. The molecule has 1 aromatic carbocycles. The molecule has 1 amide bonds. The van der Waals surface area contributed by atoms with Gasteiger partial charge >= 0.3 is 5.97 Å². The maximum absolute atomic E-state index is 12.1. The van der Waals surface area contributed by atoms with Gasteiger partial charge in [-0.3, -0.25) is 9.59 Å². The number of esters is 1. The smallest absolute Gasteiger partial charge is 0.307 e. The molecule has 0 radical (unpaired) electrons. The van der Waals surface area contributed by atoms with Crippen LogP contribution in [0.2, 0.25) is 10.0 Å². The Labute approximate surface area is 159 Å². The number of aromatic nitrogens is 2. The van der Waals surface area contributed by atoms with Crippen molar-refractivity contribution < 1.29 is 14.3 Å². The minimum Gasteiger partial charge on any atom is -0.469 e. The Kier molecular flexibility index (Phi) is 7.49. The van der Waals surface area contributed by atoms with Crippen molar-refractivity contribution >= 4 is 46.8 Å². The minimum absolute atomic E-state index is 0.0696. The standard InChI is InChI=1S/C16H15Cl2N3O3S/c1-24-13(22)6-7-19-15(23)14-12(18)8-20-16(21-14)25-9-10-2-4-11(17)5-3-10/h2-5,8H,6-7,9H2,1H3,(H,19,23). The highest BCUT2D eigenvalue weighted by Crippen LogP contribution is 2.22. The van der Waals surface area contributed by atoms with E-state index in [4.69, 9.17) is 23.2 Å². The molecule has 1 N–H and O–H groups in total. The van der Waals surface area contributed by atoms with Gasteiger partial charge in [0.1, 0.15) is 0 Å². The van der Waals surface area contributed by atoms with Gasteiger partial charge in [-0.25, -0.2) is 9.97 Å². The van der Waals surface area contributed by atoms with E-state index in [-0.39, 0.29) is 23.7 Å². The number of nitrogens with zero attached hydrogens (tertiary/aromatic N) is 2. The van der Waals surface area contributed by atoms with Crippen molar-refractivity contribution in [1.29, 1.82) is 0 Å². The zero-order valence-corrected chi connectivity index (χ0v) is 15.6. The largest absolute Gasteiger partial charge is 0.469 e. The molecule has 0 saturated carbocycles. The van der Waals surface area contributed by atoms with Crippen LogP contribution in [0.5, 0.6) is 0 Å². The van der Waals surface area contributed by atoms with Gasteiger partial charge in [0.2, 0.25) is 0 Å². The topological polar surface area (TPSA) is 81.2 Å². The van der Waals surface area contributed by atoms with Crippen molar-refractivity contribution in [3.05, 3.63) is 51.8 Å². The number of ether oxygens (including phenoxy) is 1. The molecule has 25 heavy (non-hydrogen) atoms. The molecule has 0 fully saturated rings. The number of thioether (sulfide) groups is 1. The highest BCUT2D eigenvalue weighted by atomic mass is 35.5. The molecule has 0 saturated heterocycles. The van der Waals surface area contributed by atoms with Gasteiger partial charge in [0, 0.05) is 17.3 Å². The summed E-state index contributed by atoms with van der Waals surface area (Å²) < 4.78 is 4.51. The van der Waals surface area contributed by atoms with Crippen molar-refractivity contribution in [2.45, 2.75) is 17.3 Å². The second-order valence-corrected chi connectivity index (χ2v) is 6.63. The molecule has 0 aliphatic heterocycles. The van der Waals surface area contributed by atoms with Gasteiger partial charge in [-0.2, -0.15) is 0 Å². The molecule has 0 spiro atoms. The van der Waals surface area contributed by atoms with Crippen molar-refractivity contribution in [2.24, 2.45) is 0 Å². The van der Waals surface area contributed by atoms with Gasteiger partial charge in [0.25, 0.3) is 5.91 Å². The molecule has 2 aromatic rings. The molecular weight excluding hydrogens is 385 g/mol. The van der Waals surface area contributed by atoms with E-state index in [0.717, 1.165) is 5.56 Å². The Morgan fingerprint density at radius 1 is 1.24 bits per heavy atom. The lowest BCUT2D eigenvalue weighted by Gasteiger charge is -2.07. The third-order valence-corrected chi connectivity index (χ3v) is 4.52. The second-order valence-electron chi connectivity index (χ2n) is 4.85. The molecule has 0 bridgehead atoms. The molecule has 0 aliphatic carbocycles. The van der Waals surface area contributed by atoms with Gasteiger partial charge in [-0.05, 0) is 17.7 Å². The maximum atomic E-state index is 12.1. The SMILES string of the molecule is COC(=O)CCNC(=O)c1nc(SCc2ccc(Cl)cc2)ncc1Cl. The van der Waals surface area contributed by atoms with E-state index in [9.17, 15) is 9.59 Å². The van der Waals surface area contributed by atoms with Gasteiger partial charge in [0.05, 0.1) is 24.8 Å². The first-order valence-electron chi connectivity index (χ1n) is 7.24. The molecule has 1 aromatic heterocycles. The first-order chi connectivity index (χ1) is 12.0. The Bertz CT molecular complexity index is 757. The summed E-state index contributed by atoms with van der Waals surface area (Å²) in [6.45, 7) is 0.138. The summed E-state index contributed by atoms with van der Waals surface area (Å²) >= 11 is 13.2. The highest BCUT2D eigenvalue weighted by molar-refractivity contribution is 7.98. The first-order valence-corrected chi connectivity index (χ1v) is 8.98. The van der Waals surface area contributed by atoms with E-state index >= 15 is 0 Å². The molecule has 6 nitrogen and oxygen atoms in total. The van der Waals surface area contributed by atoms with Crippen molar-refractivity contribution in [2.75, 3.05) is 13.7 Å². The van der Waals surface area contributed by atoms with E-state index in [1.165, 1.54) is 25.1 Å². The number of carbonyl (C=O) groups excluding carboxylic acids is 2. The van der Waals surface area contributed by atoms with Crippen LogP contribution in [0.1, 0.15) is 22.5 Å². The van der Waals surface area contributed by atoms with Crippen LogP contribution in [0.15, 0.2) is 35.6 Å². The third-order valence-electron chi connectivity index (χ3n) is 3.06. The number of amides is 1. The van der Waals surface area contributed by atoms with Gasteiger partial charge < -0.3 is 10.1 Å². The van der Waals surface area contributed by atoms with E-state index in [2.05, 4.69) is 20.0 Å². The summed E-state index contributed by atoms with van der Waals surface area (Å²) in [4.78, 5) is 31.5. The number of benzene rings is 1. The molecule has 0 unspecified atom stereocenters. The number of carbonyl (C=O) groups is 2. The van der Waals surface area contributed by atoms with Gasteiger partial charge in [0.15, 0.2) is 10.9 Å². The van der Waals surface area contributed by atoms with Crippen LogP contribution in [0.3, 0.4) is 0 Å². The summed E-state index contributed by atoms with van der Waals surface area (Å²) in [6, 6.07) is 7.43. The molecular formula is C16H15Cl2N3O3S.